The van der Waals surface area contributed by atoms with Crippen LogP contribution >= 0.6 is 0 Å². The largest absolute Gasteiger partial charge is 0.491 e. The molecule has 4 aromatic rings. The van der Waals surface area contributed by atoms with E-state index in [1.54, 1.807) is 11.6 Å². The average molecular weight is 460 g/mol. The van der Waals surface area contributed by atoms with E-state index >= 15 is 0 Å². The van der Waals surface area contributed by atoms with Gasteiger partial charge in [0.2, 0.25) is 0 Å². The zero-order valence-corrected chi connectivity index (χ0v) is 20.2. The van der Waals surface area contributed by atoms with Gasteiger partial charge in [-0.15, -0.1) is 0 Å². The molecule has 0 aliphatic carbocycles. The Kier molecular flexibility index (Phi) is 5.44. The maximum atomic E-state index is 13.5. The van der Waals surface area contributed by atoms with E-state index < -0.39 is 6.10 Å². The molecule has 176 valence electrons. The zero-order valence-electron chi connectivity index (χ0n) is 20.2. The summed E-state index contributed by atoms with van der Waals surface area (Å²) in [7, 11) is 3.25. The van der Waals surface area contributed by atoms with Gasteiger partial charge < -0.3 is 14.0 Å². The predicted molar refractivity (Wildman–Crippen MR) is 133 cm³/mol. The van der Waals surface area contributed by atoms with Crippen molar-refractivity contribution in [2.75, 3.05) is 6.61 Å². The van der Waals surface area contributed by atoms with Gasteiger partial charge in [0, 0.05) is 20.6 Å². The lowest BCUT2D eigenvalue weighted by atomic mass is 10.0. The number of aryl methyl sites for hydroxylation is 2. The summed E-state index contributed by atoms with van der Waals surface area (Å²) in [4.78, 5) is 26.4. The molecule has 0 N–H and O–H groups in total. The van der Waals surface area contributed by atoms with Gasteiger partial charge >= 0.3 is 5.69 Å². The molecule has 2 aromatic carbocycles. The molecule has 0 fully saturated rings. The molecule has 0 amide bonds. The molecule has 5 rings (SSSR count). The summed E-state index contributed by atoms with van der Waals surface area (Å²) >= 11 is 0. The van der Waals surface area contributed by atoms with Crippen molar-refractivity contribution >= 4 is 10.9 Å². The van der Waals surface area contributed by atoms with Crippen LogP contribution in [0.2, 0.25) is 0 Å². The minimum absolute atomic E-state index is 0.0839. The highest BCUT2D eigenvalue weighted by Crippen LogP contribution is 2.41. The first kappa shape index (κ1) is 22.2. The van der Waals surface area contributed by atoms with Crippen molar-refractivity contribution in [3.05, 3.63) is 86.2 Å². The highest BCUT2D eigenvalue weighted by Gasteiger charge is 2.33. The van der Waals surface area contributed by atoms with Crippen molar-refractivity contribution in [2.45, 2.75) is 39.5 Å². The fourth-order valence-corrected chi connectivity index (χ4v) is 4.92. The van der Waals surface area contributed by atoms with Crippen LogP contribution in [0.25, 0.3) is 22.2 Å². The second-order valence-electron chi connectivity index (χ2n) is 9.17. The van der Waals surface area contributed by atoms with Gasteiger partial charge in [-0.2, -0.15) is 0 Å². The Bertz CT molecular complexity index is 1510. The summed E-state index contributed by atoms with van der Waals surface area (Å²) in [6.07, 6.45) is -0.332. The molecule has 0 unspecified atom stereocenters. The normalized spacial score (nSPS) is 15.6. The SMILES string of the molecule is Cc1cccc(-c2c3c(=O)n(C)c(=O)n(C)c3c3n2CCO[C@@H]3c2ccc(OC(C)C)cc2)c1. The summed E-state index contributed by atoms with van der Waals surface area (Å²) in [5.74, 6) is 0.788. The number of benzene rings is 2. The van der Waals surface area contributed by atoms with E-state index in [0.29, 0.717) is 24.1 Å². The van der Waals surface area contributed by atoms with E-state index in [9.17, 15) is 9.59 Å². The fourth-order valence-electron chi connectivity index (χ4n) is 4.92. The summed E-state index contributed by atoms with van der Waals surface area (Å²) in [6.45, 7) is 7.11. The Morgan fingerprint density at radius 2 is 1.76 bits per heavy atom. The Morgan fingerprint density at radius 3 is 2.44 bits per heavy atom. The van der Waals surface area contributed by atoms with Gasteiger partial charge in [0.15, 0.2) is 0 Å². The van der Waals surface area contributed by atoms with Crippen LogP contribution < -0.4 is 16.0 Å². The average Bonchev–Trinajstić information content (AvgIpc) is 3.17. The van der Waals surface area contributed by atoms with Gasteiger partial charge in [-0.3, -0.25) is 13.9 Å². The highest BCUT2D eigenvalue weighted by molar-refractivity contribution is 5.96. The minimum Gasteiger partial charge on any atom is -0.491 e. The third-order valence-electron chi connectivity index (χ3n) is 6.40. The van der Waals surface area contributed by atoms with Crippen molar-refractivity contribution in [2.24, 2.45) is 14.1 Å². The molecule has 34 heavy (non-hydrogen) atoms. The second kappa shape index (κ2) is 8.33. The molecule has 0 radical (unpaired) electrons. The number of aromatic nitrogens is 3. The number of fused-ring (bicyclic) bond motifs is 3. The lowest BCUT2D eigenvalue weighted by Crippen LogP contribution is -2.37. The molecule has 0 saturated carbocycles. The topological polar surface area (TPSA) is 67.4 Å². The summed E-state index contributed by atoms with van der Waals surface area (Å²) < 4.78 is 17.0. The first-order valence-electron chi connectivity index (χ1n) is 11.5. The van der Waals surface area contributed by atoms with E-state index in [1.165, 1.54) is 11.6 Å². The summed E-state index contributed by atoms with van der Waals surface area (Å²) in [6, 6.07) is 16.0. The van der Waals surface area contributed by atoms with Gasteiger partial charge in [-0.05, 0) is 50.1 Å². The van der Waals surface area contributed by atoms with Gasteiger partial charge in [-0.1, -0.05) is 35.9 Å². The molecular weight excluding hydrogens is 430 g/mol. The Balaban J connectivity index is 1.82. The predicted octanol–water partition coefficient (Wildman–Crippen LogP) is 3.92. The Morgan fingerprint density at radius 1 is 1.03 bits per heavy atom. The molecule has 7 nitrogen and oxygen atoms in total. The van der Waals surface area contributed by atoms with E-state index in [4.69, 9.17) is 9.47 Å². The molecule has 0 spiro atoms. The smallest absolute Gasteiger partial charge is 0.331 e. The first-order valence-corrected chi connectivity index (χ1v) is 11.5. The number of rotatable bonds is 4. The lowest BCUT2D eigenvalue weighted by molar-refractivity contribution is 0.0478. The molecule has 2 aromatic heterocycles. The summed E-state index contributed by atoms with van der Waals surface area (Å²) in [5.41, 5.74) is 4.63. The van der Waals surface area contributed by atoms with Crippen LogP contribution in [0.4, 0.5) is 0 Å². The quantitative estimate of drug-likeness (QED) is 0.464. The van der Waals surface area contributed by atoms with E-state index in [2.05, 4.69) is 10.6 Å². The molecule has 7 heteroatoms. The fraction of sp³-hybridized carbons (Fsp3) is 0.333. The molecule has 1 aliphatic heterocycles. The number of nitrogens with zero attached hydrogens (tertiary/aromatic N) is 3. The molecule has 1 aliphatic rings. The number of hydrogen-bond acceptors (Lipinski definition) is 4. The maximum Gasteiger partial charge on any atom is 0.331 e. The van der Waals surface area contributed by atoms with Crippen molar-refractivity contribution < 1.29 is 9.47 Å². The zero-order chi connectivity index (χ0) is 24.1. The van der Waals surface area contributed by atoms with Crippen LogP contribution in [0.15, 0.2) is 58.1 Å². The van der Waals surface area contributed by atoms with Crippen LogP contribution in [0.3, 0.4) is 0 Å². The Hall–Kier alpha value is -3.58. The number of ether oxygens (including phenoxy) is 2. The van der Waals surface area contributed by atoms with Crippen LogP contribution in [0.1, 0.15) is 36.8 Å². The van der Waals surface area contributed by atoms with Gasteiger partial charge in [0.25, 0.3) is 5.56 Å². The molecule has 0 bridgehead atoms. The monoisotopic (exact) mass is 459 g/mol. The third kappa shape index (κ3) is 3.47. The van der Waals surface area contributed by atoms with Gasteiger partial charge in [-0.25, -0.2) is 4.79 Å². The van der Waals surface area contributed by atoms with Crippen LogP contribution in [-0.2, 0) is 25.4 Å². The van der Waals surface area contributed by atoms with Gasteiger partial charge in [0.1, 0.15) is 11.9 Å². The maximum absolute atomic E-state index is 13.5. The molecular formula is C27H29N3O4. The van der Waals surface area contributed by atoms with Crippen molar-refractivity contribution in [1.82, 2.24) is 13.7 Å². The van der Waals surface area contributed by atoms with Crippen molar-refractivity contribution in [3.8, 4) is 17.0 Å². The minimum atomic E-state index is -0.416. The first-order chi connectivity index (χ1) is 16.3. The number of hydrogen-bond donors (Lipinski definition) is 0. The van der Waals surface area contributed by atoms with E-state index in [1.807, 2.05) is 63.2 Å². The van der Waals surface area contributed by atoms with E-state index in [0.717, 1.165) is 33.8 Å². The van der Waals surface area contributed by atoms with Crippen molar-refractivity contribution in [3.63, 3.8) is 0 Å². The molecule has 3 heterocycles. The second-order valence-corrected chi connectivity index (χ2v) is 9.17. The van der Waals surface area contributed by atoms with Crippen LogP contribution in [-0.4, -0.2) is 26.4 Å². The third-order valence-corrected chi connectivity index (χ3v) is 6.40. The van der Waals surface area contributed by atoms with E-state index in [-0.39, 0.29) is 17.4 Å². The van der Waals surface area contributed by atoms with Crippen LogP contribution in [0.5, 0.6) is 5.75 Å². The molecule has 1 atom stereocenters. The van der Waals surface area contributed by atoms with Gasteiger partial charge in [0.05, 0.1) is 35.0 Å². The highest BCUT2D eigenvalue weighted by atomic mass is 16.5. The van der Waals surface area contributed by atoms with Crippen molar-refractivity contribution in [1.29, 1.82) is 0 Å². The summed E-state index contributed by atoms with van der Waals surface area (Å²) in [5, 5.41) is 0.542. The standard InChI is InChI=1S/C27H29N3O4/c1-16(2)34-20-11-9-18(10-12-20)25-24-23-21(26(31)29(5)27(32)28(23)4)22(30(24)13-14-33-25)19-8-6-7-17(3)15-19/h6-12,15-16,25H,13-14H2,1-5H3/t25-/m1/s1. The van der Waals surface area contributed by atoms with Crippen LogP contribution in [0, 0.1) is 6.92 Å². The molecule has 0 saturated heterocycles. The lowest BCUT2D eigenvalue weighted by Gasteiger charge is -2.28. The Labute approximate surface area is 197 Å².